The maximum Gasteiger partial charge on any atom is 0.197 e. The predicted molar refractivity (Wildman–Crippen MR) is 44.1 cm³/mol. The summed E-state index contributed by atoms with van der Waals surface area (Å²) in [6.07, 6.45) is 7.60. The number of nitrogens with zero attached hydrogens (tertiary/aromatic N) is 3. The van der Waals surface area contributed by atoms with Crippen molar-refractivity contribution in [2.24, 2.45) is 0 Å². The fourth-order valence-electron chi connectivity index (χ4n) is 0.929. The van der Waals surface area contributed by atoms with E-state index in [1.54, 1.807) is 18.6 Å². The Kier molecular flexibility index (Phi) is 1.78. The second-order valence-electron chi connectivity index (χ2n) is 2.29. The average Bonchev–Trinajstić information content (AvgIpc) is 2.21. The van der Waals surface area contributed by atoms with Gasteiger partial charge in [-0.1, -0.05) is 6.07 Å². The van der Waals surface area contributed by atoms with Crippen LogP contribution in [-0.2, 0) is 0 Å². The molecule has 0 N–H and O–H groups in total. The highest BCUT2D eigenvalue weighted by Gasteiger charge is 1.95. The molecule has 2 heterocycles. The van der Waals surface area contributed by atoms with Gasteiger partial charge in [0, 0.05) is 24.2 Å². The lowest BCUT2D eigenvalue weighted by Gasteiger charge is -1.95. The topological polar surface area (TPSA) is 38.7 Å². The van der Waals surface area contributed by atoms with Crippen molar-refractivity contribution in [3.05, 3.63) is 43.1 Å². The van der Waals surface area contributed by atoms with Crippen molar-refractivity contribution in [2.75, 3.05) is 0 Å². The van der Waals surface area contributed by atoms with Gasteiger partial charge in [0.1, 0.15) is 0 Å². The van der Waals surface area contributed by atoms with E-state index in [0.29, 0.717) is 0 Å². The minimum absolute atomic E-state index is 0.881. The SMILES string of the molecule is [c]1ncc(-c2ccccn2)cn1. The molecular weight excluding hydrogens is 150 g/mol. The van der Waals surface area contributed by atoms with E-state index in [1.807, 2.05) is 18.2 Å². The number of pyridine rings is 1. The Labute approximate surface area is 70.1 Å². The minimum atomic E-state index is 0.881. The third-order valence-corrected chi connectivity index (χ3v) is 1.48. The monoisotopic (exact) mass is 156 g/mol. The number of aromatic nitrogens is 3. The first-order valence-electron chi connectivity index (χ1n) is 3.56. The van der Waals surface area contributed by atoms with Gasteiger partial charge in [0.05, 0.1) is 5.69 Å². The van der Waals surface area contributed by atoms with Crippen LogP contribution in [0.3, 0.4) is 0 Å². The largest absolute Gasteiger partial charge is 0.256 e. The molecule has 3 nitrogen and oxygen atoms in total. The van der Waals surface area contributed by atoms with Crippen molar-refractivity contribution in [2.45, 2.75) is 0 Å². The second-order valence-corrected chi connectivity index (χ2v) is 2.29. The van der Waals surface area contributed by atoms with Gasteiger partial charge >= 0.3 is 0 Å². The van der Waals surface area contributed by atoms with Gasteiger partial charge < -0.3 is 0 Å². The van der Waals surface area contributed by atoms with Crippen LogP contribution in [0.15, 0.2) is 36.8 Å². The Hall–Kier alpha value is -1.77. The normalized spacial score (nSPS) is 9.67. The highest BCUT2D eigenvalue weighted by atomic mass is 14.8. The standard InChI is InChI=1S/C9H6N3/c1-2-4-12-9(3-1)8-5-10-7-11-6-8/h1-6H. The van der Waals surface area contributed by atoms with Crippen LogP contribution in [0.5, 0.6) is 0 Å². The molecule has 2 aromatic heterocycles. The Bertz CT molecular complexity index is 307. The lowest BCUT2D eigenvalue weighted by atomic mass is 10.2. The fraction of sp³-hybridized carbons (Fsp3) is 0. The van der Waals surface area contributed by atoms with Crippen LogP contribution in [0.25, 0.3) is 11.3 Å². The van der Waals surface area contributed by atoms with Crippen molar-refractivity contribution in [1.29, 1.82) is 0 Å². The van der Waals surface area contributed by atoms with Crippen LogP contribution in [0, 0.1) is 6.33 Å². The summed E-state index contributed by atoms with van der Waals surface area (Å²) in [5.41, 5.74) is 1.79. The van der Waals surface area contributed by atoms with Crippen LogP contribution in [0.1, 0.15) is 0 Å². The molecule has 0 aliphatic carbocycles. The summed E-state index contributed by atoms with van der Waals surface area (Å²) in [4.78, 5) is 11.7. The molecule has 0 aliphatic rings. The Morgan fingerprint density at radius 3 is 2.58 bits per heavy atom. The molecule has 0 aromatic carbocycles. The van der Waals surface area contributed by atoms with Crippen LogP contribution >= 0.6 is 0 Å². The fourth-order valence-corrected chi connectivity index (χ4v) is 0.929. The maximum absolute atomic E-state index is 4.16. The maximum atomic E-state index is 4.16. The number of rotatable bonds is 1. The van der Waals surface area contributed by atoms with E-state index >= 15 is 0 Å². The summed E-state index contributed by atoms with van der Waals surface area (Å²) in [6, 6.07) is 5.72. The summed E-state index contributed by atoms with van der Waals surface area (Å²) in [6.45, 7) is 0. The van der Waals surface area contributed by atoms with Crippen LogP contribution in [0.2, 0.25) is 0 Å². The van der Waals surface area contributed by atoms with Crippen molar-refractivity contribution in [1.82, 2.24) is 15.0 Å². The number of hydrogen-bond acceptors (Lipinski definition) is 3. The third-order valence-electron chi connectivity index (χ3n) is 1.48. The van der Waals surface area contributed by atoms with Crippen molar-refractivity contribution in [3.8, 4) is 11.3 Å². The highest BCUT2D eigenvalue weighted by molar-refractivity contribution is 5.55. The molecule has 0 saturated carbocycles. The summed E-state index contributed by atoms with van der Waals surface area (Å²) in [7, 11) is 0. The van der Waals surface area contributed by atoms with E-state index in [4.69, 9.17) is 0 Å². The van der Waals surface area contributed by atoms with Gasteiger partial charge in [-0.15, -0.1) is 0 Å². The molecule has 0 amide bonds. The second kappa shape index (κ2) is 3.09. The molecular formula is C9H6N3. The first kappa shape index (κ1) is 6.91. The Morgan fingerprint density at radius 2 is 1.92 bits per heavy atom. The van der Waals surface area contributed by atoms with E-state index in [9.17, 15) is 0 Å². The Balaban J connectivity index is 2.46. The van der Waals surface area contributed by atoms with Crippen LogP contribution < -0.4 is 0 Å². The summed E-state index contributed by atoms with van der Waals surface area (Å²) < 4.78 is 0. The summed E-state index contributed by atoms with van der Waals surface area (Å²) in [5.74, 6) is 0. The first-order chi connectivity index (χ1) is 5.97. The molecule has 1 radical (unpaired) electrons. The molecule has 57 valence electrons. The summed E-state index contributed by atoms with van der Waals surface area (Å²) in [5, 5.41) is 0. The summed E-state index contributed by atoms with van der Waals surface area (Å²) >= 11 is 0. The molecule has 2 rings (SSSR count). The van der Waals surface area contributed by atoms with Crippen LogP contribution in [0.4, 0.5) is 0 Å². The lowest BCUT2D eigenvalue weighted by Crippen LogP contribution is -1.84. The Morgan fingerprint density at radius 1 is 1.08 bits per heavy atom. The van der Waals surface area contributed by atoms with E-state index in [-0.39, 0.29) is 0 Å². The predicted octanol–water partition coefficient (Wildman–Crippen LogP) is 1.34. The molecule has 0 fully saturated rings. The van der Waals surface area contributed by atoms with E-state index in [2.05, 4.69) is 21.3 Å². The molecule has 2 aromatic rings. The van der Waals surface area contributed by atoms with Crippen LogP contribution in [-0.4, -0.2) is 15.0 Å². The minimum Gasteiger partial charge on any atom is -0.256 e. The van der Waals surface area contributed by atoms with Gasteiger partial charge in [-0.3, -0.25) is 4.98 Å². The van der Waals surface area contributed by atoms with Gasteiger partial charge in [0.15, 0.2) is 6.33 Å². The van der Waals surface area contributed by atoms with Gasteiger partial charge in [0.25, 0.3) is 0 Å². The quantitative estimate of drug-likeness (QED) is 0.625. The zero-order valence-electron chi connectivity index (χ0n) is 6.31. The van der Waals surface area contributed by atoms with Crippen molar-refractivity contribution < 1.29 is 0 Å². The molecule has 0 saturated heterocycles. The third kappa shape index (κ3) is 1.29. The molecule has 3 heteroatoms. The first-order valence-corrected chi connectivity index (χ1v) is 3.56. The van der Waals surface area contributed by atoms with Gasteiger partial charge in [0.2, 0.25) is 0 Å². The zero-order chi connectivity index (χ0) is 8.23. The van der Waals surface area contributed by atoms with E-state index in [0.717, 1.165) is 11.3 Å². The van der Waals surface area contributed by atoms with Gasteiger partial charge in [-0.2, -0.15) is 0 Å². The highest BCUT2D eigenvalue weighted by Crippen LogP contribution is 2.11. The molecule has 0 unspecified atom stereocenters. The molecule has 0 atom stereocenters. The van der Waals surface area contributed by atoms with Crippen molar-refractivity contribution >= 4 is 0 Å². The zero-order valence-corrected chi connectivity index (χ0v) is 6.31. The molecule has 0 bridgehead atoms. The molecule has 12 heavy (non-hydrogen) atoms. The number of hydrogen-bond donors (Lipinski definition) is 0. The van der Waals surface area contributed by atoms with E-state index < -0.39 is 0 Å². The lowest BCUT2D eigenvalue weighted by molar-refractivity contribution is 1.14. The van der Waals surface area contributed by atoms with E-state index in [1.165, 1.54) is 0 Å². The molecule has 0 spiro atoms. The van der Waals surface area contributed by atoms with Gasteiger partial charge in [-0.25, -0.2) is 9.97 Å². The smallest absolute Gasteiger partial charge is 0.197 e. The van der Waals surface area contributed by atoms with Crippen molar-refractivity contribution in [3.63, 3.8) is 0 Å². The van der Waals surface area contributed by atoms with Gasteiger partial charge in [-0.05, 0) is 12.1 Å². The average molecular weight is 156 g/mol. The molecule has 0 aliphatic heterocycles.